The van der Waals surface area contributed by atoms with E-state index in [9.17, 15) is 14.9 Å². The molecule has 116 valence electrons. The predicted octanol–water partition coefficient (Wildman–Crippen LogP) is 3.64. The van der Waals surface area contributed by atoms with Crippen molar-refractivity contribution in [2.45, 2.75) is 6.92 Å². The number of aromatic nitrogens is 1. The van der Waals surface area contributed by atoms with Gasteiger partial charge in [0.15, 0.2) is 12.0 Å². The quantitative estimate of drug-likeness (QED) is 0.419. The average molecular weight is 310 g/mol. The molecule has 0 saturated heterocycles. The van der Waals surface area contributed by atoms with Gasteiger partial charge in [-0.25, -0.2) is 0 Å². The van der Waals surface area contributed by atoms with Gasteiger partial charge in [-0.3, -0.25) is 14.9 Å². The van der Waals surface area contributed by atoms with Gasteiger partial charge in [0, 0.05) is 23.3 Å². The van der Waals surface area contributed by atoms with Crippen molar-refractivity contribution in [1.29, 1.82) is 0 Å². The maximum Gasteiger partial charge on any atom is 0.311 e. The Morgan fingerprint density at radius 3 is 2.65 bits per heavy atom. The van der Waals surface area contributed by atoms with Gasteiger partial charge in [-0.2, -0.15) is 0 Å². The highest BCUT2D eigenvalue weighted by atomic mass is 16.6. The topological polar surface area (TPSA) is 73.8 Å². The van der Waals surface area contributed by atoms with Crippen LogP contribution in [0.3, 0.4) is 0 Å². The van der Waals surface area contributed by atoms with Crippen LogP contribution in [0.15, 0.2) is 42.6 Å². The van der Waals surface area contributed by atoms with Gasteiger partial charge >= 0.3 is 5.69 Å². The average Bonchev–Trinajstić information content (AvgIpc) is 2.91. The van der Waals surface area contributed by atoms with Crippen LogP contribution in [0, 0.1) is 17.0 Å². The zero-order valence-electron chi connectivity index (χ0n) is 12.6. The second kappa shape index (κ2) is 5.57. The van der Waals surface area contributed by atoms with Crippen molar-refractivity contribution in [1.82, 2.24) is 4.40 Å². The molecule has 0 N–H and O–H groups in total. The van der Waals surface area contributed by atoms with E-state index in [1.54, 1.807) is 10.5 Å². The normalized spacial score (nSPS) is 10.7. The monoisotopic (exact) mass is 310 g/mol. The number of hydrogen-bond donors (Lipinski definition) is 0. The van der Waals surface area contributed by atoms with Crippen LogP contribution in [-0.2, 0) is 0 Å². The fourth-order valence-electron chi connectivity index (χ4n) is 2.65. The predicted molar refractivity (Wildman–Crippen MR) is 86.2 cm³/mol. The minimum atomic E-state index is -0.497. The number of aldehydes is 1. The molecule has 0 atom stereocenters. The lowest BCUT2D eigenvalue weighted by Gasteiger charge is -2.05. The van der Waals surface area contributed by atoms with Gasteiger partial charge in [0.1, 0.15) is 0 Å². The molecule has 0 aliphatic rings. The van der Waals surface area contributed by atoms with E-state index in [0.29, 0.717) is 16.8 Å². The molecule has 2 aromatic heterocycles. The summed E-state index contributed by atoms with van der Waals surface area (Å²) in [5.41, 5.74) is 3.45. The smallest absolute Gasteiger partial charge is 0.311 e. The van der Waals surface area contributed by atoms with Crippen LogP contribution in [0.4, 0.5) is 5.69 Å². The SMILES string of the molecule is COc1ccc(-c2cc3ccc(C)cn3c2C=O)cc1[N+](=O)[O-]. The summed E-state index contributed by atoms with van der Waals surface area (Å²) < 4.78 is 6.80. The van der Waals surface area contributed by atoms with E-state index >= 15 is 0 Å². The number of hydrogen-bond acceptors (Lipinski definition) is 4. The molecular weight excluding hydrogens is 296 g/mol. The molecule has 23 heavy (non-hydrogen) atoms. The summed E-state index contributed by atoms with van der Waals surface area (Å²) in [6.45, 7) is 1.94. The Morgan fingerprint density at radius 2 is 2.00 bits per heavy atom. The number of nitro benzene ring substituents is 1. The minimum Gasteiger partial charge on any atom is -0.490 e. The van der Waals surface area contributed by atoms with Gasteiger partial charge in [-0.05, 0) is 36.2 Å². The van der Waals surface area contributed by atoms with Crippen LogP contribution in [0.25, 0.3) is 16.6 Å². The molecule has 1 aromatic carbocycles. The number of carbonyl (C=O) groups is 1. The van der Waals surface area contributed by atoms with Crippen LogP contribution in [0.5, 0.6) is 5.75 Å². The first-order valence-corrected chi connectivity index (χ1v) is 6.95. The highest BCUT2D eigenvalue weighted by molar-refractivity contribution is 5.90. The van der Waals surface area contributed by atoms with Gasteiger partial charge < -0.3 is 9.14 Å². The van der Waals surface area contributed by atoms with Crippen LogP contribution in [0.1, 0.15) is 16.1 Å². The second-order valence-corrected chi connectivity index (χ2v) is 5.21. The summed E-state index contributed by atoms with van der Waals surface area (Å²) >= 11 is 0. The summed E-state index contributed by atoms with van der Waals surface area (Å²) in [6, 6.07) is 10.4. The van der Waals surface area contributed by atoms with Gasteiger partial charge in [-0.1, -0.05) is 12.1 Å². The van der Waals surface area contributed by atoms with Crippen molar-refractivity contribution in [3.8, 4) is 16.9 Å². The minimum absolute atomic E-state index is 0.131. The zero-order valence-corrected chi connectivity index (χ0v) is 12.6. The number of rotatable bonds is 4. The number of carbonyl (C=O) groups excluding carboxylic acids is 1. The van der Waals surface area contributed by atoms with Crippen molar-refractivity contribution in [3.05, 3.63) is 64.0 Å². The summed E-state index contributed by atoms with van der Waals surface area (Å²) in [7, 11) is 1.38. The van der Waals surface area contributed by atoms with Crippen LogP contribution in [0.2, 0.25) is 0 Å². The van der Waals surface area contributed by atoms with Crippen LogP contribution >= 0.6 is 0 Å². The maximum absolute atomic E-state index is 11.5. The van der Waals surface area contributed by atoms with E-state index in [0.717, 1.165) is 17.4 Å². The molecule has 0 aliphatic heterocycles. The van der Waals surface area contributed by atoms with Gasteiger partial charge in [0.05, 0.1) is 17.7 Å². The molecule has 3 rings (SSSR count). The van der Waals surface area contributed by atoms with E-state index in [-0.39, 0.29) is 11.4 Å². The fourth-order valence-corrected chi connectivity index (χ4v) is 2.65. The molecule has 3 aromatic rings. The van der Waals surface area contributed by atoms with Gasteiger partial charge in [-0.15, -0.1) is 0 Å². The number of aryl methyl sites for hydroxylation is 1. The lowest BCUT2D eigenvalue weighted by molar-refractivity contribution is -0.385. The highest BCUT2D eigenvalue weighted by Crippen LogP contribution is 2.34. The highest BCUT2D eigenvalue weighted by Gasteiger charge is 2.18. The standard InChI is InChI=1S/C17H14N2O4/c1-11-3-5-13-8-14(16(10-20)18(13)9-11)12-4-6-17(23-2)15(7-12)19(21)22/h3-10H,1-2H3. The van der Waals surface area contributed by atoms with Crippen molar-refractivity contribution >= 4 is 17.5 Å². The summed E-state index contributed by atoms with van der Waals surface area (Å²) in [6.07, 6.45) is 2.62. The molecule has 6 nitrogen and oxygen atoms in total. The first-order chi connectivity index (χ1) is 11.0. The number of ether oxygens (including phenoxy) is 1. The number of nitro groups is 1. The number of pyridine rings is 1. The van der Waals surface area contributed by atoms with Gasteiger partial charge in [0.25, 0.3) is 0 Å². The largest absolute Gasteiger partial charge is 0.490 e. The van der Waals surface area contributed by atoms with Crippen molar-refractivity contribution in [3.63, 3.8) is 0 Å². The molecule has 0 amide bonds. The third kappa shape index (κ3) is 2.44. The molecule has 0 unspecified atom stereocenters. The molecule has 0 spiro atoms. The zero-order chi connectivity index (χ0) is 16.6. The maximum atomic E-state index is 11.5. The van der Waals surface area contributed by atoms with Gasteiger partial charge in [0.2, 0.25) is 0 Å². The van der Waals surface area contributed by atoms with Crippen LogP contribution in [-0.4, -0.2) is 22.7 Å². The molecule has 0 aliphatic carbocycles. The van der Waals surface area contributed by atoms with E-state index in [4.69, 9.17) is 4.74 Å². The Morgan fingerprint density at radius 1 is 1.22 bits per heavy atom. The Bertz CT molecular complexity index is 928. The first-order valence-electron chi connectivity index (χ1n) is 6.95. The molecular formula is C17H14N2O4. The number of methoxy groups -OCH3 is 1. The Balaban J connectivity index is 2.26. The molecule has 0 fully saturated rings. The fraction of sp³-hybridized carbons (Fsp3) is 0.118. The summed E-state index contributed by atoms with van der Waals surface area (Å²) in [4.78, 5) is 22.2. The Labute approximate surface area is 132 Å². The lowest BCUT2D eigenvalue weighted by atomic mass is 10.1. The number of fused-ring (bicyclic) bond motifs is 1. The van der Waals surface area contributed by atoms with Crippen LogP contribution < -0.4 is 4.74 Å². The van der Waals surface area contributed by atoms with Crippen molar-refractivity contribution in [2.24, 2.45) is 0 Å². The Kier molecular flexibility index (Phi) is 3.57. The third-order valence-corrected chi connectivity index (χ3v) is 3.75. The molecule has 0 bridgehead atoms. The summed E-state index contributed by atoms with van der Waals surface area (Å²) in [5, 5.41) is 11.2. The van der Waals surface area contributed by atoms with E-state index < -0.39 is 4.92 Å². The first kappa shape index (κ1) is 14.8. The summed E-state index contributed by atoms with van der Waals surface area (Å²) in [5.74, 6) is 0.186. The second-order valence-electron chi connectivity index (χ2n) is 5.21. The molecule has 0 saturated carbocycles. The molecule has 2 heterocycles. The molecule has 6 heteroatoms. The third-order valence-electron chi connectivity index (χ3n) is 3.75. The van der Waals surface area contributed by atoms with Crippen molar-refractivity contribution < 1.29 is 14.5 Å². The lowest BCUT2D eigenvalue weighted by Crippen LogP contribution is -1.96. The van der Waals surface area contributed by atoms with E-state index in [1.165, 1.54) is 19.2 Å². The Hall–Kier alpha value is -3.15. The number of nitrogens with zero attached hydrogens (tertiary/aromatic N) is 2. The number of benzene rings is 1. The van der Waals surface area contributed by atoms with Crippen molar-refractivity contribution in [2.75, 3.05) is 7.11 Å². The van der Waals surface area contributed by atoms with E-state index in [1.807, 2.05) is 31.3 Å². The van der Waals surface area contributed by atoms with E-state index in [2.05, 4.69) is 0 Å². The molecule has 0 radical (unpaired) electrons.